The minimum absolute atomic E-state index is 0.000489. The Morgan fingerprint density at radius 2 is 1.71 bits per heavy atom. The molecule has 0 N–H and O–H groups in total. The van der Waals surface area contributed by atoms with Gasteiger partial charge in [0.15, 0.2) is 0 Å². The van der Waals surface area contributed by atoms with Gasteiger partial charge in [-0.2, -0.15) is 0 Å². The molecule has 0 atom stereocenters. The van der Waals surface area contributed by atoms with Gasteiger partial charge >= 0.3 is 0 Å². The van der Waals surface area contributed by atoms with Crippen LogP contribution >= 0.6 is 27.5 Å². The maximum atomic E-state index is 12.4. The van der Waals surface area contributed by atoms with Gasteiger partial charge in [-0.1, -0.05) is 25.4 Å². The zero-order valence-electron chi connectivity index (χ0n) is 12.1. The summed E-state index contributed by atoms with van der Waals surface area (Å²) in [5.74, 6) is 0.125. The second-order valence-electron chi connectivity index (χ2n) is 5.40. The lowest BCUT2D eigenvalue weighted by atomic mass is 10.1. The lowest BCUT2D eigenvalue weighted by molar-refractivity contribution is -0.135. The standard InChI is InChI=1S/C15H18BrClN2O2/c1-10(2)14(20)18-5-7-19(8-6-18)15(21)11-3-4-13(17)12(16)9-11/h3-4,9-10H,5-8H2,1-2H3. The molecular formula is C15H18BrClN2O2. The number of carbonyl (C=O) groups excluding carboxylic acids is 2. The molecular weight excluding hydrogens is 356 g/mol. The summed E-state index contributed by atoms with van der Waals surface area (Å²) < 4.78 is 0.712. The topological polar surface area (TPSA) is 40.6 Å². The van der Waals surface area contributed by atoms with Crippen LogP contribution in [0.1, 0.15) is 24.2 Å². The van der Waals surface area contributed by atoms with Gasteiger partial charge < -0.3 is 9.80 Å². The van der Waals surface area contributed by atoms with E-state index in [2.05, 4.69) is 15.9 Å². The lowest BCUT2D eigenvalue weighted by Gasteiger charge is -2.35. The van der Waals surface area contributed by atoms with Crippen LogP contribution in [0.5, 0.6) is 0 Å². The van der Waals surface area contributed by atoms with E-state index in [9.17, 15) is 9.59 Å². The molecule has 4 nitrogen and oxygen atoms in total. The number of rotatable bonds is 2. The summed E-state index contributed by atoms with van der Waals surface area (Å²) in [4.78, 5) is 28.0. The summed E-state index contributed by atoms with van der Waals surface area (Å²) in [7, 11) is 0. The third-order valence-electron chi connectivity index (χ3n) is 3.54. The maximum absolute atomic E-state index is 12.4. The van der Waals surface area contributed by atoms with Crippen molar-refractivity contribution in [3.8, 4) is 0 Å². The highest BCUT2D eigenvalue weighted by atomic mass is 79.9. The normalized spacial score (nSPS) is 15.5. The predicted octanol–water partition coefficient (Wildman–Crippen LogP) is 3.04. The second-order valence-corrected chi connectivity index (χ2v) is 6.66. The number of nitrogens with zero attached hydrogens (tertiary/aromatic N) is 2. The van der Waals surface area contributed by atoms with Crippen molar-refractivity contribution in [2.75, 3.05) is 26.2 Å². The molecule has 1 aliphatic rings. The van der Waals surface area contributed by atoms with Gasteiger partial charge in [-0.25, -0.2) is 0 Å². The Hall–Kier alpha value is -1.07. The highest BCUT2D eigenvalue weighted by Crippen LogP contribution is 2.24. The van der Waals surface area contributed by atoms with Crippen LogP contribution in [0.25, 0.3) is 0 Å². The van der Waals surface area contributed by atoms with Gasteiger partial charge in [-0.15, -0.1) is 0 Å². The molecule has 0 radical (unpaired) electrons. The van der Waals surface area contributed by atoms with Gasteiger partial charge in [-0.05, 0) is 34.1 Å². The summed E-state index contributed by atoms with van der Waals surface area (Å²) in [5.41, 5.74) is 0.606. The Morgan fingerprint density at radius 1 is 1.14 bits per heavy atom. The van der Waals surface area contributed by atoms with Crippen molar-refractivity contribution in [3.63, 3.8) is 0 Å². The summed E-state index contributed by atoms with van der Waals surface area (Å²) in [6.07, 6.45) is 0. The Bertz CT molecular complexity index is 555. The van der Waals surface area contributed by atoms with Crippen LogP contribution in [0.2, 0.25) is 5.02 Å². The summed E-state index contributed by atoms with van der Waals surface area (Å²) in [5, 5.41) is 0.582. The van der Waals surface area contributed by atoms with Crippen LogP contribution in [0.3, 0.4) is 0 Å². The zero-order chi connectivity index (χ0) is 15.6. The molecule has 1 aromatic carbocycles. The van der Waals surface area contributed by atoms with E-state index in [-0.39, 0.29) is 17.7 Å². The van der Waals surface area contributed by atoms with Crippen LogP contribution in [0.4, 0.5) is 0 Å². The quantitative estimate of drug-likeness (QED) is 0.799. The number of halogens is 2. The van der Waals surface area contributed by atoms with Gasteiger partial charge in [0.2, 0.25) is 5.91 Å². The van der Waals surface area contributed by atoms with Gasteiger partial charge in [0.05, 0.1) is 5.02 Å². The maximum Gasteiger partial charge on any atom is 0.254 e. The SMILES string of the molecule is CC(C)C(=O)N1CCN(C(=O)c2ccc(Cl)c(Br)c2)CC1. The molecule has 1 fully saturated rings. The number of hydrogen-bond donors (Lipinski definition) is 0. The number of hydrogen-bond acceptors (Lipinski definition) is 2. The molecule has 1 aliphatic heterocycles. The minimum Gasteiger partial charge on any atom is -0.339 e. The van der Waals surface area contributed by atoms with Crippen LogP contribution in [0.15, 0.2) is 22.7 Å². The molecule has 1 heterocycles. The highest BCUT2D eigenvalue weighted by Gasteiger charge is 2.26. The highest BCUT2D eigenvalue weighted by molar-refractivity contribution is 9.10. The molecule has 114 valence electrons. The number of amides is 2. The van der Waals surface area contributed by atoms with Crippen molar-refractivity contribution in [1.82, 2.24) is 9.80 Å². The summed E-state index contributed by atoms with van der Waals surface area (Å²) in [6, 6.07) is 5.16. The second kappa shape index (κ2) is 6.79. The van der Waals surface area contributed by atoms with E-state index >= 15 is 0 Å². The first-order chi connectivity index (χ1) is 9.90. The van der Waals surface area contributed by atoms with Crippen molar-refractivity contribution in [2.45, 2.75) is 13.8 Å². The fourth-order valence-corrected chi connectivity index (χ4v) is 2.80. The van der Waals surface area contributed by atoms with E-state index in [1.165, 1.54) is 0 Å². The van der Waals surface area contributed by atoms with Crippen molar-refractivity contribution in [3.05, 3.63) is 33.3 Å². The Morgan fingerprint density at radius 3 is 2.24 bits per heavy atom. The average Bonchev–Trinajstić information content (AvgIpc) is 2.48. The van der Waals surface area contributed by atoms with Crippen LogP contribution in [0, 0.1) is 5.92 Å². The summed E-state index contributed by atoms with van der Waals surface area (Å²) >= 11 is 9.27. The first-order valence-electron chi connectivity index (χ1n) is 6.93. The third kappa shape index (κ3) is 3.77. The van der Waals surface area contributed by atoms with E-state index in [0.717, 1.165) is 0 Å². The molecule has 1 aromatic rings. The Balaban J connectivity index is 2.00. The van der Waals surface area contributed by atoms with Crippen molar-refractivity contribution < 1.29 is 9.59 Å². The van der Waals surface area contributed by atoms with E-state index in [4.69, 9.17) is 11.6 Å². The molecule has 2 rings (SSSR count). The van der Waals surface area contributed by atoms with Gasteiger partial charge in [-0.3, -0.25) is 9.59 Å². The smallest absolute Gasteiger partial charge is 0.254 e. The fraction of sp³-hybridized carbons (Fsp3) is 0.467. The monoisotopic (exact) mass is 372 g/mol. The summed E-state index contributed by atoms with van der Waals surface area (Å²) in [6.45, 7) is 6.11. The van der Waals surface area contributed by atoms with E-state index < -0.39 is 0 Å². The van der Waals surface area contributed by atoms with Gasteiger partial charge in [0.25, 0.3) is 5.91 Å². The molecule has 2 amide bonds. The van der Waals surface area contributed by atoms with Crippen LogP contribution in [-0.4, -0.2) is 47.8 Å². The van der Waals surface area contributed by atoms with Crippen molar-refractivity contribution in [1.29, 1.82) is 0 Å². The molecule has 0 aromatic heterocycles. The van der Waals surface area contributed by atoms with Crippen molar-refractivity contribution >= 4 is 39.3 Å². The molecule has 1 saturated heterocycles. The first kappa shape index (κ1) is 16.3. The van der Waals surface area contributed by atoms with Crippen molar-refractivity contribution in [2.24, 2.45) is 5.92 Å². The van der Waals surface area contributed by atoms with E-state index in [1.807, 2.05) is 18.7 Å². The van der Waals surface area contributed by atoms with Crippen LogP contribution < -0.4 is 0 Å². The predicted molar refractivity (Wildman–Crippen MR) is 86.5 cm³/mol. The molecule has 6 heteroatoms. The third-order valence-corrected chi connectivity index (χ3v) is 4.75. The van der Waals surface area contributed by atoms with E-state index in [1.54, 1.807) is 23.1 Å². The molecule has 0 spiro atoms. The first-order valence-corrected chi connectivity index (χ1v) is 8.10. The zero-order valence-corrected chi connectivity index (χ0v) is 14.4. The largest absolute Gasteiger partial charge is 0.339 e. The van der Waals surface area contributed by atoms with Gasteiger partial charge in [0.1, 0.15) is 0 Å². The number of benzene rings is 1. The molecule has 0 aliphatic carbocycles. The fourth-order valence-electron chi connectivity index (χ4n) is 2.31. The molecule has 0 saturated carbocycles. The minimum atomic E-state index is -0.0241. The lowest BCUT2D eigenvalue weighted by Crippen LogP contribution is -2.51. The van der Waals surface area contributed by atoms with Crippen LogP contribution in [-0.2, 0) is 4.79 Å². The number of piperazine rings is 1. The molecule has 0 bridgehead atoms. The average molecular weight is 374 g/mol. The Kier molecular flexibility index (Phi) is 5.27. The Labute approximate surface area is 138 Å². The molecule has 0 unspecified atom stereocenters. The number of carbonyl (C=O) groups is 2. The van der Waals surface area contributed by atoms with E-state index in [0.29, 0.717) is 41.2 Å². The molecule has 21 heavy (non-hydrogen) atoms. The van der Waals surface area contributed by atoms with Gasteiger partial charge in [0, 0.05) is 42.1 Å².